The summed E-state index contributed by atoms with van der Waals surface area (Å²) in [5.41, 5.74) is 6.53. The monoisotopic (exact) mass is 686 g/mol. The van der Waals surface area contributed by atoms with Crippen LogP contribution in [0, 0.1) is 17.9 Å². The van der Waals surface area contributed by atoms with Gasteiger partial charge in [0.25, 0.3) is 5.54 Å². The predicted molar refractivity (Wildman–Crippen MR) is 180 cm³/mol. The molecular weight excluding hydrogens is 652 g/mol. The molecule has 6 heteroatoms. The first kappa shape index (κ1) is 33.2. The standard InChI is InChI=1S/C18H17NO.C14H11N.C4H8Br2O/c1-19-18(10-12-20-13-11-18)17-9-5-8-16(14-17)15-6-3-2-4-7-15;15-10-9-12-5-4-8-14(11-12)13-6-2-1-3-7-13;5-1-3-7-4-2-6/h2-9,14H,10-13H2;1-8,11H,9H2;1-4H2. The minimum atomic E-state index is -0.400. The average Bonchev–Trinajstić information content (AvgIpc) is 3.07. The molecule has 0 amide bonds. The molecule has 1 aliphatic rings. The van der Waals surface area contributed by atoms with Crippen LogP contribution in [0.4, 0.5) is 0 Å². The normalized spacial score (nSPS) is 13.2. The van der Waals surface area contributed by atoms with E-state index >= 15 is 0 Å². The number of alkyl halides is 2. The Balaban J connectivity index is 0.000000194. The van der Waals surface area contributed by atoms with Gasteiger partial charge in [-0.05, 0) is 33.9 Å². The molecule has 0 radical (unpaired) electrons. The molecule has 216 valence electrons. The molecule has 4 aromatic rings. The number of halogens is 2. The van der Waals surface area contributed by atoms with Gasteiger partial charge in [0.2, 0.25) is 0 Å². The highest BCUT2D eigenvalue weighted by Crippen LogP contribution is 2.37. The Labute approximate surface area is 267 Å². The summed E-state index contributed by atoms with van der Waals surface area (Å²) < 4.78 is 10.5. The van der Waals surface area contributed by atoms with E-state index in [1.807, 2.05) is 48.5 Å². The van der Waals surface area contributed by atoms with E-state index in [1.54, 1.807) is 0 Å². The largest absolute Gasteiger partial charge is 0.381 e. The van der Waals surface area contributed by atoms with Crippen LogP contribution in [-0.4, -0.2) is 37.1 Å². The van der Waals surface area contributed by atoms with Crippen molar-refractivity contribution in [3.8, 4) is 28.3 Å². The maximum atomic E-state index is 8.63. The van der Waals surface area contributed by atoms with Crippen molar-refractivity contribution in [3.63, 3.8) is 0 Å². The lowest BCUT2D eigenvalue weighted by Crippen LogP contribution is -2.30. The van der Waals surface area contributed by atoms with Crippen LogP contribution >= 0.6 is 31.9 Å². The zero-order chi connectivity index (χ0) is 29.9. The number of nitrogens with zero attached hydrogens (tertiary/aromatic N) is 2. The molecule has 0 atom stereocenters. The van der Waals surface area contributed by atoms with E-state index in [0.29, 0.717) is 19.6 Å². The SMILES string of the molecule is BrCCOCCBr.N#CCc1cccc(-c2ccccc2)c1.[C-]#[N+]C1(c2cccc(-c3ccccc3)c2)CCOCC1. The van der Waals surface area contributed by atoms with Gasteiger partial charge in [-0.25, -0.2) is 6.57 Å². The van der Waals surface area contributed by atoms with Crippen LogP contribution in [0.5, 0.6) is 0 Å². The summed E-state index contributed by atoms with van der Waals surface area (Å²) in [6, 6.07) is 39.2. The first-order valence-corrected chi connectivity index (χ1v) is 16.2. The lowest BCUT2D eigenvalue weighted by molar-refractivity contribution is 0.0646. The van der Waals surface area contributed by atoms with Gasteiger partial charge in [-0.15, -0.1) is 0 Å². The summed E-state index contributed by atoms with van der Waals surface area (Å²) >= 11 is 6.48. The fourth-order valence-corrected chi connectivity index (χ4v) is 5.04. The van der Waals surface area contributed by atoms with E-state index in [2.05, 4.69) is 103 Å². The van der Waals surface area contributed by atoms with Gasteiger partial charge in [0.15, 0.2) is 0 Å². The molecule has 0 spiro atoms. The zero-order valence-electron chi connectivity index (χ0n) is 23.7. The van der Waals surface area contributed by atoms with Crippen LogP contribution in [0.15, 0.2) is 109 Å². The van der Waals surface area contributed by atoms with Crippen molar-refractivity contribution >= 4 is 31.9 Å². The molecule has 1 fully saturated rings. The Hall–Kier alpha value is -3.26. The second-order valence-corrected chi connectivity index (χ2v) is 11.2. The van der Waals surface area contributed by atoms with Crippen LogP contribution in [0.2, 0.25) is 0 Å². The number of benzene rings is 4. The Kier molecular flexibility index (Phi) is 15.1. The highest BCUT2D eigenvalue weighted by molar-refractivity contribution is 9.09. The van der Waals surface area contributed by atoms with Gasteiger partial charge in [-0.1, -0.05) is 135 Å². The maximum absolute atomic E-state index is 8.63. The quantitative estimate of drug-likeness (QED) is 0.105. The van der Waals surface area contributed by atoms with E-state index in [-0.39, 0.29) is 0 Å². The van der Waals surface area contributed by atoms with Crippen LogP contribution in [0.1, 0.15) is 24.0 Å². The van der Waals surface area contributed by atoms with Gasteiger partial charge in [-0.2, -0.15) is 5.26 Å². The summed E-state index contributed by atoms with van der Waals surface area (Å²) in [6.45, 7) is 10.6. The lowest BCUT2D eigenvalue weighted by Gasteiger charge is -2.27. The third-order valence-electron chi connectivity index (χ3n) is 6.80. The third kappa shape index (κ3) is 10.5. The van der Waals surface area contributed by atoms with Gasteiger partial charge in [-0.3, -0.25) is 0 Å². The summed E-state index contributed by atoms with van der Waals surface area (Å²) in [7, 11) is 0. The smallest absolute Gasteiger partial charge is 0.261 e. The minimum absolute atomic E-state index is 0.400. The molecule has 0 aliphatic carbocycles. The Morgan fingerprint density at radius 3 is 1.79 bits per heavy atom. The molecule has 4 aromatic carbocycles. The third-order valence-corrected chi connectivity index (χ3v) is 7.45. The number of hydrogen-bond donors (Lipinski definition) is 0. The minimum Gasteiger partial charge on any atom is -0.381 e. The van der Waals surface area contributed by atoms with Crippen molar-refractivity contribution in [3.05, 3.63) is 132 Å². The van der Waals surface area contributed by atoms with E-state index in [4.69, 9.17) is 21.3 Å². The van der Waals surface area contributed by atoms with Gasteiger partial charge < -0.3 is 14.3 Å². The fraction of sp³-hybridized carbons (Fsp3) is 0.278. The molecule has 0 saturated carbocycles. The van der Waals surface area contributed by atoms with E-state index < -0.39 is 5.54 Å². The van der Waals surface area contributed by atoms with E-state index in [9.17, 15) is 0 Å². The summed E-state index contributed by atoms with van der Waals surface area (Å²) in [5, 5.41) is 10.5. The van der Waals surface area contributed by atoms with Gasteiger partial charge >= 0.3 is 0 Å². The molecule has 1 saturated heterocycles. The van der Waals surface area contributed by atoms with Crippen molar-refractivity contribution in [1.29, 1.82) is 5.26 Å². The van der Waals surface area contributed by atoms with Crippen molar-refractivity contribution in [2.24, 2.45) is 0 Å². The molecule has 1 aliphatic heterocycles. The first-order chi connectivity index (χ1) is 20.7. The second-order valence-electron chi connectivity index (χ2n) is 9.59. The zero-order valence-corrected chi connectivity index (χ0v) is 26.9. The molecular formula is C36H36Br2N2O2. The average molecular weight is 689 g/mol. The molecule has 42 heavy (non-hydrogen) atoms. The Morgan fingerprint density at radius 1 is 0.738 bits per heavy atom. The summed E-state index contributed by atoms with van der Waals surface area (Å²) in [6.07, 6.45) is 2.05. The summed E-state index contributed by atoms with van der Waals surface area (Å²) in [4.78, 5) is 3.95. The van der Waals surface area contributed by atoms with Crippen LogP contribution in [-0.2, 0) is 21.4 Å². The molecule has 0 bridgehead atoms. The van der Waals surface area contributed by atoms with Crippen LogP contribution in [0.3, 0.4) is 0 Å². The lowest BCUT2D eigenvalue weighted by atomic mass is 9.82. The van der Waals surface area contributed by atoms with E-state index in [0.717, 1.165) is 47.8 Å². The van der Waals surface area contributed by atoms with Gasteiger partial charge in [0, 0.05) is 16.2 Å². The predicted octanol–water partition coefficient (Wildman–Crippen LogP) is 9.49. The molecule has 0 unspecified atom stereocenters. The molecule has 5 rings (SSSR count). The Bertz CT molecular complexity index is 1410. The molecule has 0 aromatic heterocycles. The number of nitriles is 1. The molecule has 0 N–H and O–H groups in total. The fourth-order valence-electron chi connectivity index (χ4n) is 4.59. The maximum Gasteiger partial charge on any atom is 0.261 e. The molecule has 1 heterocycles. The van der Waals surface area contributed by atoms with Gasteiger partial charge in [0.05, 0.1) is 51.8 Å². The first-order valence-electron chi connectivity index (χ1n) is 14.0. The van der Waals surface area contributed by atoms with Crippen molar-refractivity contribution < 1.29 is 9.47 Å². The van der Waals surface area contributed by atoms with Crippen LogP contribution in [0.25, 0.3) is 27.1 Å². The molecule has 4 nitrogen and oxygen atoms in total. The van der Waals surface area contributed by atoms with E-state index in [1.165, 1.54) is 22.3 Å². The van der Waals surface area contributed by atoms with Crippen molar-refractivity contribution in [2.75, 3.05) is 37.1 Å². The van der Waals surface area contributed by atoms with Crippen molar-refractivity contribution in [1.82, 2.24) is 0 Å². The number of rotatable bonds is 8. The van der Waals surface area contributed by atoms with Crippen molar-refractivity contribution in [2.45, 2.75) is 24.8 Å². The Morgan fingerprint density at radius 2 is 1.26 bits per heavy atom. The number of hydrogen-bond acceptors (Lipinski definition) is 3. The van der Waals surface area contributed by atoms with Gasteiger partial charge in [0.1, 0.15) is 0 Å². The topological polar surface area (TPSA) is 46.6 Å². The summed E-state index contributed by atoms with van der Waals surface area (Å²) in [5.74, 6) is 0. The van der Waals surface area contributed by atoms with Crippen LogP contribution < -0.4 is 0 Å². The highest BCUT2D eigenvalue weighted by atomic mass is 79.9. The number of ether oxygens (including phenoxy) is 2. The highest BCUT2D eigenvalue weighted by Gasteiger charge is 2.40. The second kappa shape index (κ2) is 19.0.